The second-order valence-corrected chi connectivity index (χ2v) is 16.5. The molecule has 2 unspecified atom stereocenters. The standard InChI is InChI=1S/C46H85O8P/c1-4-7-9-11-13-15-17-19-20-21-22-23-24-25-26-27-28-29-31-33-35-37-39-41-46(48)54-44(43-53-55(49,50)52-6-3)42-51-45(47)40-38-36-34-32-30-18-16-14-12-10-8-5-2/h14,16-17,19,21-22,44H,4-13,15,18,20,23-43H2,1-3H3,(H,49,50)/b16-14-,19-17-,22-21-. The molecular weight excluding hydrogens is 711 g/mol. The van der Waals surface area contributed by atoms with Gasteiger partial charge in [-0.15, -0.1) is 0 Å². The van der Waals surface area contributed by atoms with Gasteiger partial charge in [0.15, 0.2) is 6.10 Å². The van der Waals surface area contributed by atoms with Crippen molar-refractivity contribution in [2.45, 2.75) is 226 Å². The Morgan fingerprint density at radius 2 is 0.873 bits per heavy atom. The third-order valence-electron chi connectivity index (χ3n) is 9.67. The van der Waals surface area contributed by atoms with Gasteiger partial charge in [-0.05, 0) is 77.6 Å². The fourth-order valence-corrected chi connectivity index (χ4v) is 7.06. The first-order chi connectivity index (χ1) is 26.8. The first kappa shape index (κ1) is 53.3. The van der Waals surface area contributed by atoms with E-state index in [1.165, 1.54) is 122 Å². The number of ether oxygens (including phenoxy) is 2. The first-order valence-corrected chi connectivity index (χ1v) is 24.3. The Bertz CT molecular complexity index is 994. The molecule has 322 valence electrons. The number of carbonyl (C=O) groups is 2. The van der Waals surface area contributed by atoms with Gasteiger partial charge in [-0.2, -0.15) is 0 Å². The molecule has 9 heteroatoms. The maximum absolute atomic E-state index is 12.6. The SMILES string of the molecule is CCCCC/C=C\CCCCCCCC(=O)OCC(COP(=O)(O)OCC)OC(=O)CCCCCCCCCCCCC/C=C\C/C=C\CCCCCCC. The Hall–Kier alpha value is -1.73. The minimum Gasteiger partial charge on any atom is -0.462 e. The van der Waals surface area contributed by atoms with E-state index in [4.69, 9.17) is 18.5 Å². The molecule has 0 radical (unpaired) electrons. The van der Waals surface area contributed by atoms with Crippen LogP contribution in [-0.4, -0.2) is 42.8 Å². The summed E-state index contributed by atoms with van der Waals surface area (Å²) in [6.45, 7) is 5.44. The number of phosphoric ester groups is 1. The highest BCUT2D eigenvalue weighted by Gasteiger charge is 2.25. The van der Waals surface area contributed by atoms with Crippen molar-refractivity contribution in [3.05, 3.63) is 36.5 Å². The van der Waals surface area contributed by atoms with Gasteiger partial charge in [-0.1, -0.05) is 166 Å². The van der Waals surface area contributed by atoms with E-state index in [0.717, 1.165) is 57.8 Å². The average molecular weight is 797 g/mol. The lowest BCUT2D eigenvalue weighted by molar-refractivity contribution is -0.161. The zero-order valence-electron chi connectivity index (χ0n) is 35.8. The minimum absolute atomic E-state index is 0.00103. The van der Waals surface area contributed by atoms with Gasteiger partial charge in [0, 0.05) is 12.8 Å². The predicted molar refractivity (Wildman–Crippen MR) is 230 cm³/mol. The smallest absolute Gasteiger partial charge is 0.462 e. The number of allylic oxidation sites excluding steroid dienone is 6. The summed E-state index contributed by atoms with van der Waals surface area (Å²) in [6.07, 6.45) is 47.7. The molecule has 0 aliphatic rings. The van der Waals surface area contributed by atoms with Crippen LogP contribution in [0.15, 0.2) is 36.5 Å². The summed E-state index contributed by atoms with van der Waals surface area (Å²) in [5.74, 6) is -0.807. The van der Waals surface area contributed by atoms with Crippen LogP contribution < -0.4 is 0 Å². The van der Waals surface area contributed by atoms with Crippen LogP contribution in [0.3, 0.4) is 0 Å². The number of hydrogen-bond donors (Lipinski definition) is 1. The third-order valence-corrected chi connectivity index (χ3v) is 10.7. The molecule has 0 saturated heterocycles. The summed E-state index contributed by atoms with van der Waals surface area (Å²) in [5.41, 5.74) is 0. The molecule has 0 aromatic rings. The van der Waals surface area contributed by atoms with Gasteiger partial charge in [-0.3, -0.25) is 18.6 Å². The number of carbonyl (C=O) groups excluding carboxylic acids is 2. The van der Waals surface area contributed by atoms with Crippen LogP contribution in [0, 0.1) is 0 Å². The molecule has 0 aliphatic carbocycles. The van der Waals surface area contributed by atoms with Gasteiger partial charge < -0.3 is 14.4 Å². The van der Waals surface area contributed by atoms with Crippen molar-refractivity contribution < 1.29 is 37.6 Å². The Kier molecular flexibility index (Phi) is 40.6. The Labute approximate surface area is 338 Å². The van der Waals surface area contributed by atoms with E-state index in [2.05, 4.69) is 50.3 Å². The maximum Gasteiger partial charge on any atom is 0.472 e. The monoisotopic (exact) mass is 797 g/mol. The van der Waals surface area contributed by atoms with Crippen LogP contribution in [0.25, 0.3) is 0 Å². The van der Waals surface area contributed by atoms with Crippen molar-refractivity contribution in [2.24, 2.45) is 0 Å². The van der Waals surface area contributed by atoms with E-state index >= 15 is 0 Å². The van der Waals surface area contributed by atoms with Gasteiger partial charge in [-0.25, -0.2) is 4.57 Å². The number of phosphoric acid groups is 1. The van der Waals surface area contributed by atoms with Crippen LogP contribution in [0.2, 0.25) is 0 Å². The average Bonchev–Trinajstić information content (AvgIpc) is 3.16. The molecule has 0 spiro atoms. The highest BCUT2D eigenvalue weighted by Crippen LogP contribution is 2.43. The highest BCUT2D eigenvalue weighted by molar-refractivity contribution is 7.47. The minimum atomic E-state index is -4.28. The van der Waals surface area contributed by atoms with Gasteiger partial charge in [0.1, 0.15) is 6.61 Å². The van der Waals surface area contributed by atoms with Crippen molar-refractivity contribution >= 4 is 19.8 Å². The van der Waals surface area contributed by atoms with Crippen molar-refractivity contribution in [3.63, 3.8) is 0 Å². The number of rotatable bonds is 42. The Balaban J connectivity index is 4.00. The normalized spacial score (nSPS) is 13.6. The number of unbranched alkanes of at least 4 members (excludes halogenated alkanes) is 24. The van der Waals surface area contributed by atoms with Crippen molar-refractivity contribution in [1.82, 2.24) is 0 Å². The lowest BCUT2D eigenvalue weighted by Gasteiger charge is -2.19. The summed E-state index contributed by atoms with van der Waals surface area (Å²) in [5, 5.41) is 0. The molecule has 1 N–H and O–H groups in total. The predicted octanol–water partition coefficient (Wildman–Crippen LogP) is 14.4. The van der Waals surface area contributed by atoms with Gasteiger partial charge in [0.2, 0.25) is 0 Å². The summed E-state index contributed by atoms with van der Waals surface area (Å²) >= 11 is 0. The van der Waals surface area contributed by atoms with Gasteiger partial charge >= 0.3 is 19.8 Å². The molecule has 0 fully saturated rings. The molecule has 0 rings (SSSR count). The molecule has 0 aromatic heterocycles. The van der Waals surface area contributed by atoms with E-state index in [0.29, 0.717) is 6.42 Å². The Morgan fingerprint density at radius 1 is 0.491 bits per heavy atom. The molecule has 0 aliphatic heterocycles. The van der Waals surface area contributed by atoms with Gasteiger partial charge in [0.05, 0.1) is 13.2 Å². The zero-order chi connectivity index (χ0) is 40.3. The summed E-state index contributed by atoms with van der Waals surface area (Å²) < 4.78 is 32.6. The summed E-state index contributed by atoms with van der Waals surface area (Å²) in [7, 11) is -4.28. The van der Waals surface area contributed by atoms with Crippen LogP contribution in [-0.2, 0) is 32.7 Å². The summed E-state index contributed by atoms with van der Waals surface area (Å²) in [4.78, 5) is 34.7. The molecule has 0 heterocycles. The molecule has 8 nitrogen and oxygen atoms in total. The van der Waals surface area contributed by atoms with Crippen molar-refractivity contribution in [1.29, 1.82) is 0 Å². The second kappa shape index (κ2) is 41.9. The molecule has 2 atom stereocenters. The fraction of sp³-hybridized carbons (Fsp3) is 0.826. The van der Waals surface area contributed by atoms with Crippen LogP contribution >= 0.6 is 7.82 Å². The first-order valence-electron chi connectivity index (χ1n) is 22.8. The molecular formula is C46H85O8P. The van der Waals surface area contributed by atoms with E-state index in [-0.39, 0.29) is 32.0 Å². The van der Waals surface area contributed by atoms with Crippen LogP contribution in [0.5, 0.6) is 0 Å². The summed E-state index contributed by atoms with van der Waals surface area (Å²) in [6, 6.07) is 0. The van der Waals surface area contributed by atoms with Crippen LogP contribution in [0.4, 0.5) is 0 Å². The quantitative estimate of drug-likeness (QED) is 0.0281. The number of hydrogen-bond acceptors (Lipinski definition) is 7. The third kappa shape index (κ3) is 41.7. The molecule has 0 saturated carbocycles. The van der Waals surface area contributed by atoms with E-state index in [1.807, 2.05) is 0 Å². The highest BCUT2D eigenvalue weighted by atomic mass is 31.2. The fourth-order valence-electron chi connectivity index (χ4n) is 6.30. The zero-order valence-corrected chi connectivity index (χ0v) is 36.7. The van der Waals surface area contributed by atoms with Crippen molar-refractivity contribution in [2.75, 3.05) is 19.8 Å². The molecule has 0 aromatic carbocycles. The van der Waals surface area contributed by atoms with Crippen LogP contribution in [0.1, 0.15) is 220 Å². The molecule has 0 amide bonds. The van der Waals surface area contributed by atoms with E-state index in [1.54, 1.807) is 6.92 Å². The van der Waals surface area contributed by atoms with Crippen molar-refractivity contribution in [3.8, 4) is 0 Å². The second-order valence-electron chi connectivity index (χ2n) is 15.1. The topological polar surface area (TPSA) is 108 Å². The lowest BCUT2D eigenvalue weighted by Crippen LogP contribution is -2.29. The molecule has 55 heavy (non-hydrogen) atoms. The Morgan fingerprint density at radius 3 is 1.35 bits per heavy atom. The lowest BCUT2D eigenvalue weighted by atomic mass is 10.0. The number of esters is 2. The largest absolute Gasteiger partial charge is 0.472 e. The molecule has 0 bridgehead atoms. The van der Waals surface area contributed by atoms with Gasteiger partial charge in [0.25, 0.3) is 0 Å². The van der Waals surface area contributed by atoms with E-state index < -0.39 is 26.5 Å². The van der Waals surface area contributed by atoms with E-state index in [9.17, 15) is 19.0 Å². The maximum atomic E-state index is 12.6.